The number of esters is 1. The first kappa shape index (κ1) is 14.9. The minimum atomic E-state index is -1.67. The first-order valence-electron chi connectivity index (χ1n) is 6.44. The average Bonchev–Trinajstić information content (AvgIpc) is 2.28. The maximum absolute atomic E-state index is 11.9. The molecule has 18 heavy (non-hydrogen) atoms. The molecular weight excluding hydrogens is 236 g/mol. The lowest BCUT2D eigenvalue weighted by molar-refractivity contribution is -0.551. The van der Waals surface area contributed by atoms with Crippen molar-refractivity contribution >= 4 is 5.97 Å². The number of carbonyl (C=O) groups excluding carboxylic acids is 1. The van der Waals surface area contributed by atoms with Crippen molar-refractivity contribution in [2.24, 2.45) is 0 Å². The highest BCUT2D eigenvalue weighted by Gasteiger charge is 2.49. The van der Waals surface area contributed by atoms with Crippen LogP contribution in [0.1, 0.15) is 40.0 Å². The standard InChI is InChI=1S/C12H22N2O4/c1-10(2)18-11(15)12(3,14(16)17)9-13-7-5-4-6-8-13/h10H,4-9H2,1-3H3. The Balaban J connectivity index is 2.72. The Labute approximate surface area is 107 Å². The van der Waals surface area contributed by atoms with Gasteiger partial charge in [0.15, 0.2) is 0 Å². The maximum Gasteiger partial charge on any atom is 0.386 e. The van der Waals surface area contributed by atoms with E-state index < -0.39 is 16.4 Å². The van der Waals surface area contributed by atoms with Crippen LogP contribution >= 0.6 is 0 Å². The van der Waals surface area contributed by atoms with Crippen LogP contribution in [-0.2, 0) is 9.53 Å². The van der Waals surface area contributed by atoms with Crippen LogP contribution in [0.5, 0.6) is 0 Å². The van der Waals surface area contributed by atoms with Gasteiger partial charge in [-0.3, -0.25) is 15.0 Å². The van der Waals surface area contributed by atoms with E-state index in [0.717, 1.165) is 32.4 Å². The Morgan fingerprint density at radius 1 is 1.39 bits per heavy atom. The highest BCUT2D eigenvalue weighted by atomic mass is 16.6. The van der Waals surface area contributed by atoms with Crippen molar-refractivity contribution in [2.75, 3.05) is 19.6 Å². The normalized spacial score (nSPS) is 20.4. The van der Waals surface area contributed by atoms with Crippen molar-refractivity contribution in [1.82, 2.24) is 4.90 Å². The van der Waals surface area contributed by atoms with E-state index in [9.17, 15) is 14.9 Å². The van der Waals surface area contributed by atoms with E-state index in [4.69, 9.17) is 4.74 Å². The number of nitrogens with zero attached hydrogens (tertiary/aromatic N) is 2. The molecule has 1 saturated heterocycles. The summed E-state index contributed by atoms with van der Waals surface area (Å²) in [5.74, 6) is -0.743. The molecule has 1 unspecified atom stereocenters. The number of nitro groups is 1. The molecule has 0 aromatic rings. The number of likely N-dealkylation sites (tertiary alicyclic amines) is 1. The summed E-state index contributed by atoms with van der Waals surface area (Å²) in [7, 11) is 0. The van der Waals surface area contributed by atoms with Crippen LogP contribution in [0, 0.1) is 10.1 Å². The van der Waals surface area contributed by atoms with Gasteiger partial charge >= 0.3 is 11.5 Å². The molecule has 0 N–H and O–H groups in total. The second-order valence-corrected chi connectivity index (χ2v) is 5.32. The van der Waals surface area contributed by atoms with E-state index in [2.05, 4.69) is 0 Å². The van der Waals surface area contributed by atoms with Crippen LogP contribution in [0.15, 0.2) is 0 Å². The lowest BCUT2D eigenvalue weighted by Crippen LogP contribution is -2.54. The van der Waals surface area contributed by atoms with Crippen LogP contribution in [0.25, 0.3) is 0 Å². The summed E-state index contributed by atoms with van der Waals surface area (Å²) in [6.45, 7) is 6.51. The smallest absolute Gasteiger partial charge is 0.386 e. The fourth-order valence-electron chi connectivity index (χ4n) is 2.09. The quantitative estimate of drug-likeness (QED) is 0.424. The summed E-state index contributed by atoms with van der Waals surface area (Å²) < 4.78 is 5.01. The minimum Gasteiger partial charge on any atom is -0.458 e. The summed E-state index contributed by atoms with van der Waals surface area (Å²) >= 11 is 0. The molecule has 1 rings (SSSR count). The number of carbonyl (C=O) groups is 1. The van der Waals surface area contributed by atoms with E-state index in [-0.39, 0.29) is 12.6 Å². The molecule has 0 aromatic heterocycles. The topological polar surface area (TPSA) is 72.7 Å². The summed E-state index contributed by atoms with van der Waals surface area (Å²) in [5, 5.41) is 11.2. The SMILES string of the molecule is CC(C)OC(=O)C(C)(CN1CCCCC1)[N+](=O)[O-]. The van der Waals surface area contributed by atoms with Gasteiger partial charge in [-0.1, -0.05) is 6.42 Å². The predicted molar refractivity (Wildman–Crippen MR) is 66.9 cm³/mol. The molecule has 1 aliphatic rings. The molecule has 1 fully saturated rings. The average molecular weight is 258 g/mol. The Kier molecular flexibility index (Phi) is 5.07. The van der Waals surface area contributed by atoms with Gasteiger partial charge in [-0.2, -0.15) is 0 Å². The molecular formula is C12H22N2O4. The van der Waals surface area contributed by atoms with Gasteiger partial charge in [-0.15, -0.1) is 0 Å². The zero-order valence-corrected chi connectivity index (χ0v) is 11.3. The fourth-order valence-corrected chi connectivity index (χ4v) is 2.09. The number of hydrogen-bond donors (Lipinski definition) is 0. The summed E-state index contributed by atoms with van der Waals surface area (Å²) in [6, 6.07) is 0. The van der Waals surface area contributed by atoms with Gasteiger partial charge in [0.1, 0.15) is 0 Å². The van der Waals surface area contributed by atoms with Crippen molar-refractivity contribution in [1.29, 1.82) is 0 Å². The van der Waals surface area contributed by atoms with Gasteiger partial charge in [-0.25, -0.2) is 4.79 Å². The van der Waals surface area contributed by atoms with Crippen molar-refractivity contribution in [2.45, 2.75) is 51.7 Å². The molecule has 0 bridgehead atoms. The third-order valence-corrected chi connectivity index (χ3v) is 3.17. The van der Waals surface area contributed by atoms with Gasteiger partial charge in [0.2, 0.25) is 0 Å². The van der Waals surface area contributed by atoms with Crippen molar-refractivity contribution in [3.63, 3.8) is 0 Å². The Morgan fingerprint density at radius 2 is 1.94 bits per heavy atom. The highest BCUT2D eigenvalue weighted by Crippen LogP contribution is 2.18. The molecule has 0 radical (unpaired) electrons. The zero-order chi connectivity index (χ0) is 13.8. The second-order valence-electron chi connectivity index (χ2n) is 5.32. The van der Waals surface area contributed by atoms with Crippen LogP contribution < -0.4 is 0 Å². The number of ether oxygens (including phenoxy) is 1. The molecule has 1 aliphatic heterocycles. The van der Waals surface area contributed by atoms with Gasteiger partial charge < -0.3 is 4.74 Å². The second kappa shape index (κ2) is 6.13. The van der Waals surface area contributed by atoms with E-state index in [1.807, 2.05) is 4.90 Å². The molecule has 6 heteroatoms. The minimum absolute atomic E-state index is 0.131. The van der Waals surface area contributed by atoms with Crippen LogP contribution in [0.3, 0.4) is 0 Å². The van der Waals surface area contributed by atoms with E-state index in [0.29, 0.717) is 0 Å². The lowest BCUT2D eigenvalue weighted by Gasteiger charge is -2.30. The Bertz CT molecular complexity index is 313. The Hall–Kier alpha value is -1.17. The van der Waals surface area contributed by atoms with E-state index >= 15 is 0 Å². The number of rotatable bonds is 5. The number of piperidine rings is 1. The first-order valence-corrected chi connectivity index (χ1v) is 6.44. The Morgan fingerprint density at radius 3 is 2.39 bits per heavy atom. The van der Waals surface area contributed by atoms with Gasteiger partial charge in [0, 0.05) is 11.8 Å². The van der Waals surface area contributed by atoms with Crippen molar-refractivity contribution in [3.05, 3.63) is 10.1 Å². The van der Waals surface area contributed by atoms with E-state index in [1.54, 1.807) is 13.8 Å². The third kappa shape index (κ3) is 3.66. The van der Waals surface area contributed by atoms with Crippen LogP contribution in [-0.4, -0.2) is 47.1 Å². The van der Waals surface area contributed by atoms with Gasteiger partial charge in [0.05, 0.1) is 12.6 Å². The highest BCUT2D eigenvalue weighted by molar-refractivity contribution is 5.79. The third-order valence-electron chi connectivity index (χ3n) is 3.17. The van der Waals surface area contributed by atoms with Crippen molar-refractivity contribution in [3.8, 4) is 0 Å². The summed E-state index contributed by atoms with van der Waals surface area (Å²) in [6.07, 6.45) is 2.89. The van der Waals surface area contributed by atoms with Gasteiger partial charge in [-0.05, 0) is 39.8 Å². The molecule has 1 atom stereocenters. The van der Waals surface area contributed by atoms with E-state index in [1.165, 1.54) is 6.92 Å². The lowest BCUT2D eigenvalue weighted by atomic mass is 10.0. The molecule has 6 nitrogen and oxygen atoms in total. The summed E-state index contributed by atoms with van der Waals surface area (Å²) in [5.41, 5.74) is -1.67. The number of hydrogen-bond acceptors (Lipinski definition) is 5. The van der Waals surface area contributed by atoms with Crippen LogP contribution in [0.4, 0.5) is 0 Å². The predicted octanol–water partition coefficient (Wildman–Crippen LogP) is 1.46. The molecule has 0 aromatic carbocycles. The van der Waals surface area contributed by atoms with Crippen molar-refractivity contribution < 1.29 is 14.5 Å². The molecule has 0 aliphatic carbocycles. The fraction of sp³-hybridized carbons (Fsp3) is 0.917. The monoisotopic (exact) mass is 258 g/mol. The first-order chi connectivity index (χ1) is 8.36. The van der Waals surface area contributed by atoms with Gasteiger partial charge in [0.25, 0.3) is 0 Å². The molecule has 104 valence electrons. The molecule has 1 heterocycles. The summed E-state index contributed by atoms with van der Waals surface area (Å²) in [4.78, 5) is 24.6. The molecule has 0 saturated carbocycles. The molecule has 0 amide bonds. The largest absolute Gasteiger partial charge is 0.458 e. The zero-order valence-electron chi connectivity index (χ0n) is 11.3. The molecule has 0 spiro atoms. The maximum atomic E-state index is 11.9. The van der Waals surface area contributed by atoms with Crippen LogP contribution in [0.2, 0.25) is 0 Å².